The van der Waals surface area contributed by atoms with Crippen molar-refractivity contribution in [3.05, 3.63) is 57.2 Å². The van der Waals surface area contributed by atoms with Crippen molar-refractivity contribution in [2.24, 2.45) is 0 Å². The number of benzene rings is 1. The van der Waals surface area contributed by atoms with Gasteiger partial charge in [-0.2, -0.15) is 5.10 Å². The molecular formula is C23H26N6O6S. The summed E-state index contributed by atoms with van der Waals surface area (Å²) in [5.74, 6) is -0.523. The van der Waals surface area contributed by atoms with E-state index >= 15 is 0 Å². The van der Waals surface area contributed by atoms with E-state index in [2.05, 4.69) is 15.3 Å². The number of amides is 3. The van der Waals surface area contributed by atoms with Crippen LogP contribution < -0.4 is 5.32 Å². The number of thioether (sulfide) groups is 1. The highest BCUT2D eigenvalue weighted by Gasteiger charge is 2.34. The van der Waals surface area contributed by atoms with Gasteiger partial charge in [0.05, 0.1) is 34.4 Å². The number of hydrogen-bond acceptors (Lipinski definition) is 9. The minimum Gasteiger partial charge on any atom is -0.379 e. The highest BCUT2D eigenvalue weighted by Crippen LogP contribution is 2.32. The molecule has 12 nitrogen and oxygen atoms in total. The third kappa shape index (κ3) is 6.56. The Hall–Kier alpha value is -3.55. The monoisotopic (exact) mass is 514 g/mol. The lowest BCUT2D eigenvalue weighted by atomic mass is 10.2. The van der Waals surface area contributed by atoms with E-state index in [1.165, 1.54) is 22.9 Å². The number of hydrogen-bond donors (Lipinski definition) is 1. The molecule has 2 saturated heterocycles. The van der Waals surface area contributed by atoms with E-state index in [4.69, 9.17) is 4.74 Å². The van der Waals surface area contributed by atoms with Crippen molar-refractivity contribution in [1.29, 1.82) is 0 Å². The second-order valence-electron chi connectivity index (χ2n) is 8.20. The third-order valence-electron chi connectivity index (χ3n) is 5.73. The Bertz CT molecular complexity index is 1160. The van der Waals surface area contributed by atoms with Crippen LogP contribution in [-0.4, -0.2) is 87.5 Å². The summed E-state index contributed by atoms with van der Waals surface area (Å²) in [6.45, 7) is 4.62. The minimum absolute atomic E-state index is 0.0229. The third-order valence-corrected chi connectivity index (χ3v) is 6.63. The quantitative estimate of drug-likeness (QED) is 0.286. The second-order valence-corrected chi connectivity index (χ2v) is 9.19. The lowest BCUT2D eigenvalue weighted by Gasteiger charge is -2.26. The summed E-state index contributed by atoms with van der Waals surface area (Å²) in [7, 11) is 0. The Balaban J connectivity index is 1.25. The molecule has 190 valence electrons. The van der Waals surface area contributed by atoms with Crippen molar-refractivity contribution in [2.45, 2.75) is 12.8 Å². The van der Waals surface area contributed by atoms with Gasteiger partial charge < -0.3 is 10.1 Å². The smallest absolute Gasteiger partial charge is 0.293 e. The van der Waals surface area contributed by atoms with E-state index in [0.717, 1.165) is 36.3 Å². The zero-order chi connectivity index (χ0) is 25.5. The van der Waals surface area contributed by atoms with E-state index in [9.17, 15) is 24.5 Å². The number of nitro groups is 1. The van der Waals surface area contributed by atoms with Gasteiger partial charge in [0.15, 0.2) is 0 Å². The van der Waals surface area contributed by atoms with Crippen molar-refractivity contribution in [2.75, 3.05) is 45.9 Å². The SMILES string of the molecule is O=C(CCCN1C(=O)S/C(=C\c2ccn(-c3ccc([N+](=O)[O-])cc3)n2)C1=O)NCCN1CCOCC1. The molecule has 36 heavy (non-hydrogen) atoms. The van der Waals surface area contributed by atoms with Gasteiger partial charge in [-0.1, -0.05) is 0 Å². The van der Waals surface area contributed by atoms with Crippen LogP contribution in [0.3, 0.4) is 0 Å². The summed E-state index contributed by atoms with van der Waals surface area (Å²) < 4.78 is 6.82. The highest BCUT2D eigenvalue weighted by atomic mass is 32.2. The summed E-state index contributed by atoms with van der Waals surface area (Å²) in [6.07, 6.45) is 3.80. The number of ether oxygens (including phenoxy) is 1. The van der Waals surface area contributed by atoms with Crippen molar-refractivity contribution in [1.82, 2.24) is 24.9 Å². The Morgan fingerprint density at radius 1 is 1.17 bits per heavy atom. The van der Waals surface area contributed by atoms with Gasteiger partial charge in [-0.05, 0) is 42.5 Å². The molecule has 0 unspecified atom stereocenters. The summed E-state index contributed by atoms with van der Waals surface area (Å²) in [5.41, 5.74) is 1.07. The first-order chi connectivity index (χ1) is 17.4. The van der Waals surface area contributed by atoms with Crippen molar-refractivity contribution < 1.29 is 24.0 Å². The van der Waals surface area contributed by atoms with E-state index < -0.39 is 10.8 Å². The molecule has 2 aliphatic rings. The number of non-ortho nitro benzene ring substituents is 1. The minimum atomic E-state index is -0.479. The Morgan fingerprint density at radius 3 is 2.64 bits per heavy atom. The van der Waals surface area contributed by atoms with Crippen LogP contribution in [0.2, 0.25) is 0 Å². The van der Waals surface area contributed by atoms with Gasteiger partial charge in [-0.15, -0.1) is 0 Å². The molecule has 4 rings (SSSR count). The summed E-state index contributed by atoms with van der Waals surface area (Å²) >= 11 is 0.833. The molecule has 1 aromatic heterocycles. The Kier molecular flexibility index (Phi) is 8.46. The normalized spacial score (nSPS) is 17.7. The molecule has 2 aliphatic heterocycles. The molecule has 3 amide bonds. The summed E-state index contributed by atoms with van der Waals surface area (Å²) in [6, 6.07) is 7.58. The number of rotatable bonds is 10. The fourth-order valence-electron chi connectivity index (χ4n) is 3.78. The Labute approximate surface area is 211 Å². The Morgan fingerprint density at radius 2 is 1.92 bits per heavy atom. The van der Waals surface area contributed by atoms with E-state index in [-0.39, 0.29) is 34.7 Å². The van der Waals surface area contributed by atoms with Gasteiger partial charge >= 0.3 is 0 Å². The fourth-order valence-corrected chi connectivity index (χ4v) is 4.63. The molecule has 0 aliphatic carbocycles. The predicted octanol–water partition coefficient (Wildman–Crippen LogP) is 2.05. The first-order valence-corrected chi connectivity index (χ1v) is 12.3. The zero-order valence-corrected chi connectivity index (χ0v) is 20.3. The van der Waals surface area contributed by atoms with Crippen LogP contribution in [0.15, 0.2) is 41.4 Å². The van der Waals surface area contributed by atoms with Gasteiger partial charge in [-0.25, -0.2) is 4.68 Å². The first-order valence-electron chi connectivity index (χ1n) is 11.5. The molecule has 2 aromatic rings. The van der Waals surface area contributed by atoms with Gasteiger partial charge in [0.25, 0.3) is 16.8 Å². The zero-order valence-electron chi connectivity index (χ0n) is 19.5. The molecule has 1 N–H and O–H groups in total. The van der Waals surface area contributed by atoms with Crippen molar-refractivity contribution in [3.63, 3.8) is 0 Å². The number of nitrogens with zero attached hydrogens (tertiary/aromatic N) is 5. The second kappa shape index (κ2) is 11.9. The van der Waals surface area contributed by atoms with E-state index in [1.54, 1.807) is 24.4 Å². The van der Waals surface area contributed by atoms with Crippen LogP contribution in [0.5, 0.6) is 0 Å². The number of imide groups is 1. The number of nitro benzene ring substituents is 1. The summed E-state index contributed by atoms with van der Waals surface area (Å²) in [5, 5.41) is 17.7. The van der Waals surface area contributed by atoms with Crippen molar-refractivity contribution >= 4 is 40.6 Å². The lowest BCUT2D eigenvalue weighted by molar-refractivity contribution is -0.384. The van der Waals surface area contributed by atoms with Crippen LogP contribution in [-0.2, 0) is 14.3 Å². The largest absolute Gasteiger partial charge is 0.379 e. The van der Waals surface area contributed by atoms with E-state index in [0.29, 0.717) is 37.6 Å². The molecule has 13 heteroatoms. The summed E-state index contributed by atoms with van der Waals surface area (Å²) in [4.78, 5) is 51.1. The first kappa shape index (κ1) is 25.5. The van der Waals surface area contributed by atoms with Crippen LogP contribution in [0.25, 0.3) is 11.8 Å². The number of nitrogens with one attached hydrogen (secondary N) is 1. The average molecular weight is 515 g/mol. The topological polar surface area (TPSA) is 140 Å². The number of carbonyl (C=O) groups excluding carboxylic acids is 3. The number of carbonyl (C=O) groups is 3. The molecule has 3 heterocycles. The maximum atomic E-state index is 12.7. The van der Waals surface area contributed by atoms with Crippen molar-refractivity contribution in [3.8, 4) is 5.69 Å². The molecule has 0 radical (unpaired) electrons. The number of morpholine rings is 1. The molecule has 0 bridgehead atoms. The molecule has 2 fully saturated rings. The molecule has 0 saturated carbocycles. The van der Waals surface area contributed by atoms with E-state index in [1.807, 2.05) is 0 Å². The fraction of sp³-hybridized carbons (Fsp3) is 0.391. The highest BCUT2D eigenvalue weighted by molar-refractivity contribution is 8.18. The maximum absolute atomic E-state index is 12.7. The predicted molar refractivity (Wildman–Crippen MR) is 132 cm³/mol. The van der Waals surface area contributed by atoms with Gasteiger partial charge in [0.1, 0.15) is 0 Å². The molecule has 0 spiro atoms. The van der Waals surface area contributed by atoms with Crippen LogP contribution >= 0.6 is 11.8 Å². The van der Waals surface area contributed by atoms with Gasteiger partial charge in [-0.3, -0.25) is 34.3 Å². The standard InChI is InChI=1S/C23H26N6O6S/c30-21(24-8-11-26-12-14-35-15-13-26)2-1-9-27-22(31)20(36-23(27)32)16-17-7-10-28(25-17)18-3-5-19(6-4-18)29(33)34/h3-7,10,16H,1-2,8-9,11-15H2,(H,24,30)/b20-16-. The van der Waals surface area contributed by atoms with Crippen LogP contribution in [0, 0.1) is 10.1 Å². The van der Waals surface area contributed by atoms with Crippen LogP contribution in [0.4, 0.5) is 10.5 Å². The average Bonchev–Trinajstić information content (AvgIpc) is 3.45. The number of aromatic nitrogens is 2. The van der Waals surface area contributed by atoms with Gasteiger partial charge in [0, 0.05) is 57.5 Å². The lowest BCUT2D eigenvalue weighted by Crippen LogP contribution is -2.41. The molecule has 1 aromatic carbocycles. The maximum Gasteiger partial charge on any atom is 0.293 e. The van der Waals surface area contributed by atoms with Gasteiger partial charge in [0.2, 0.25) is 5.91 Å². The molecular weight excluding hydrogens is 488 g/mol. The molecule has 0 atom stereocenters. The van der Waals surface area contributed by atoms with Crippen LogP contribution in [0.1, 0.15) is 18.5 Å².